The zero-order chi connectivity index (χ0) is 22.5. The Kier molecular flexibility index (Phi) is 6.16. The van der Waals surface area contributed by atoms with Crippen LogP contribution in [-0.2, 0) is 11.3 Å². The van der Waals surface area contributed by atoms with Gasteiger partial charge in [0.1, 0.15) is 5.69 Å². The van der Waals surface area contributed by atoms with Gasteiger partial charge in [-0.1, -0.05) is 5.16 Å². The summed E-state index contributed by atoms with van der Waals surface area (Å²) < 4.78 is 32.0. The quantitative estimate of drug-likeness (QED) is 0.534. The highest BCUT2D eigenvalue weighted by atomic mass is 16.7. The molecule has 1 amide bonds. The van der Waals surface area contributed by atoms with Gasteiger partial charge in [0.05, 0.1) is 27.9 Å². The monoisotopic (exact) mass is 438 g/mol. The molecule has 166 valence electrons. The van der Waals surface area contributed by atoms with Gasteiger partial charge in [-0.05, 0) is 42.0 Å². The number of aromatic nitrogens is 1. The van der Waals surface area contributed by atoms with E-state index in [-0.39, 0.29) is 19.2 Å². The van der Waals surface area contributed by atoms with Crippen LogP contribution in [0, 0.1) is 0 Å². The minimum Gasteiger partial charge on any atom is -0.493 e. The van der Waals surface area contributed by atoms with Crippen LogP contribution in [0.3, 0.4) is 0 Å². The van der Waals surface area contributed by atoms with Crippen LogP contribution in [0.4, 0.5) is 0 Å². The van der Waals surface area contributed by atoms with E-state index in [0.717, 1.165) is 11.1 Å². The summed E-state index contributed by atoms with van der Waals surface area (Å²) in [4.78, 5) is 12.3. The summed E-state index contributed by atoms with van der Waals surface area (Å²) in [5, 5.41) is 6.78. The number of carbonyl (C=O) groups is 1. The van der Waals surface area contributed by atoms with Gasteiger partial charge in [0, 0.05) is 17.7 Å². The van der Waals surface area contributed by atoms with Gasteiger partial charge in [0.2, 0.25) is 18.4 Å². The number of nitrogens with one attached hydrogen (secondary N) is 1. The molecule has 0 bridgehead atoms. The molecule has 4 rings (SSSR count). The molecule has 1 aliphatic heterocycles. The van der Waals surface area contributed by atoms with E-state index in [4.69, 9.17) is 28.2 Å². The summed E-state index contributed by atoms with van der Waals surface area (Å²) in [6.07, 6.45) is 3.07. The molecule has 2 aromatic carbocycles. The van der Waals surface area contributed by atoms with Crippen LogP contribution in [0.15, 0.2) is 47.0 Å². The van der Waals surface area contributed by atoms with Crippen molar-refractivity contribution in [2.75, 3.05) is 28.1 Å². The highest BCUT2D eigenvalue weighted by Gasteiger charge is 2.16. The Bertz CT molecular complexity index is 1130. The third-order valence-electron chi connectivity index (χ3n) is 4.77. The van der Waals surface area contributed by atoms with Gasteiger partial charge >= 0.3 is 0 Å². The fourth-order valence-corrected chi connectivity index (χ4v) is 3.19. The molecule has 2 heterocycles. The van der Waals surface area contributed by atoms with E-state index in [1.54, 1.807) is 24.3 Å². The van der Waals surface area contributed by atoms with Crippen LogP contribution in [-0.4, -0.2) is 39.2 Å². The number of amides is 1. The molecule has 1 aromatic heterocycles. The highest BCUT2D eigenvalue weighted by Crippen LogP contribution is 2.38. The first kappa shape index (κ1) is 21.1. The number of methoxy groups -OCH3 is 3. The minimum absolute atomic E-state index is 0.204. The van der Waals surface area contributed by atoms with Gasteiger partial charge in [-0.3, -0.25) is 4.79 Å². The summed E-state index contributed by atoms with van der Waals surface area (Å²) in [7, 11) is 4.60. The lowest BCUT2D eigenvalue weighted by Gasteiger charge is -2.12. The molecule has 1 aliphatic rings. The third kappa shape index (κ3) is 4.46. The van der Waals surface area contributed by atoms with Crippen LogP contribution in [0.5, 0.6) is 28.7 Å². The van der Waals surface area contributed by atoms with Crippen molar-refractivity contribution < 1.29 is 33.0 Å². The fourth-order valence-electron chi connectivity index (χ4n) is 3.19. The lowest BCUT2D eigenvalue weighted by molar-refractivity contribution is -0.116. The summed E-state index contributed by atoms with van der Waals surface area (Å²) in [6, 6.07) is 10.8. The zero-order valence-electron chi connectivity index (χ0n) is 17.8. The molecule has 32 heavy (non-hydrogen) atoms. The number of rotatable bonds is 8. The molecular formula is C23H22N2O7. The Balaban J connectivity index is 1.38. The van der Waals surface area contributed by atoms with Gasteiger partial charge in [-0.25, -0.2) is 0 Å². The number of hydrogen-bond acceptors (Lipinski definition) is 8. The maximum Gasteiger partial charge on any atom is 0.244 e. The predicted molar refractivity (Wildman–Crippen MR) is 115 cm³/mol. The largest absolute Gasteiger partial charge is 0.493 e. The van der Waals surface area contributed by atoms with Crippen molar-refractivity contribution in [1.82, 2.24) is 10.5 Å². The molecule has 0 aliphatic carbocycles. The van der Waals surface area contributed by atoms with Gasteiger partial charge in [-0.15, -0.1) is 0 Å². The van der Waals surface area contributed by atoms with Crippen LogP contribution < -0.4 is 29.0 Å². The predicted octanol–water partition coefficient (Wildman–Crippen LogP) is 3.43. The molecule has 0 saturated carbocycles. The van der Waals surface area contributed by atoms with E-state index in [9.17, 15) is 4.79 Å². The van der Waals surface area contributed by atoms with Gasteiger partial charge in [0.25, 0.3) is 0 Å². The van der Waals surface area contributed by atoms with Crippen molar-refractivity contribution in [3.8, 4) is 40.1 Å². The summed E-state index contributed by atoms with van der Waals surface area (Å²) in [5.41, 5.74) is 2.12. The minimum atomic E-state index is -0.286. The molecule has 9 nitrogen and oxygen atoms in total. The van der Waals surface area contributed by atoms with Crippen LogP contribution in [0.25, 0.3) is 17.4 Å². The van der Waals surface area contributed by atoms with E-state index in [0.29, 0.717) is 40.2 Å². The average Bonchev–Trinajstić information content (AvgIpc) is 3.49. The number of carbonyl (C=O) groups excluding carboxylic acids is 1. The molecule has 0 radical (unpaired) electrons. The van der Waals surface area contributed by atoms with Crippen molar-refractivity contribution >= 4 is 12.0 Å². The summed E-state index contributed by atoms with van der Waals surface area (Å²) >= 11 is 0. The third-order valence-corrected chi connectivity index (χ3v) is 4.77. The molecule has 0 unspecified atom stereocenters. The van der Waals surface area contributed by atoms with E-state index in [1.807, 2.05) is 18.2 Å². The first-order valence-electron chi connectivity index (χ1n) is 9.73. The van der Waals surface area contributed by atoms with Crippen molar-refractivity contribution in [2.24, 2.45) is 0 Å². The SMILES string of the molecule is COc1cc(C=CC(=O)NCc2cc(-c3ccc4c(c3)OCO4)on2)cc(OC)c1OC. The van der Waals surface area contributed by atoms with E-state index in [1.165, 1.54) is 27.4 Å². The number of nitrogens with zero attached hydrogens (tertiary/aromatic N) is 1. The van der Waals surface area contributed by atoms with Crippen LogP contribution >= 0.6 is 0 Å². The first-order valence-corrected chi connectivity index (χ1v) is 9.73. The molecule has 9 heteroatoms. The maximum atomic E-state index is 12.3. The average molecular weight is 438 g/mol. The first-order chi connectivity index (χ1) is 15.6. The molecule has 0 atom stereocenters. The number of ether oxygens (including phenoxy) is 5. The summed E-state index contributed by atoms with van der Waals surface area (Å²) in [5.74, 6) is 3.13. The molecule has 0 spiro atoms. The Morgan fingerprint density at radius 2 is 1.78 bits per heavy atom. The van der Waals surface area contributed by atoms with Crippen LogP contribution in [0.1, 0.15) is 11.3 Å². The van der Waals surface area contributed by atoms with E-state index in [2.05, 4.69) is 10.5 Å². The Morgan fingerprint density at radius 1 is 1.03 bits per heavy atom. The Labute approximate surface area is 184 Å². The maximum absolute atomic E-state index is 12.3. The molecule has 1 N–H and O–H groups in total. The molecular weight excluding hydrogens is 416 g/mol. The second-order valence-corrected chi connectivity index (χ2v) is 6.76. The molecule has 0 fully saturated rings. The van der Waals surface area contributed by atoms with Gasteiger partial charge in [-0.2, -0.15) is 0 Å². The number of benzene rings is 2. The van der Waals surface area contributed by atoms with Gasteiger partial charge in [0.15, 0.2) is 28.8 Å². The van der Waals surface area contributed by atoms with Crippen molar-refractivity contribution in [2.45, 2.75) is 6.54 Å². The Hall–Kier alpha value is -4.14. The second kappa shape index (κ2) is 9.34. The standard InChI is InChI=1S/C23H22N2O7/c1-27-20-8-14(9-21(28-2)23(20)29-3)4-7-22(26)24-12-16-11-18(32-25-16)15-5-6-17-19(10-15)31-13-30-17/h4-11H,12-13H2,1-3H3,(H,24,26). The van der Waals surface area contributed by atoms with E-state index >= 15 is 0 Å². The normalized spacial score (nSPS) is 12.1. The molecule has 0 saturated heterocycles. The smallest absolute Gasteiger partial charge is 0.244 e. The molecule has 3 aromatic rings. The van der Waals surface area contributed by atoms with Crippen molar-refractivity contribution in [3.05, 3.63) is 53.7 Å². The van der Waals surface area contributed by atoms with Crippen molar-refractivity contribution in [1.29, 1.82) is 0 Å². The topological polar surface area (TPSA) is 101 Å². The Morgan fingerprint density at radius 3 is 2.50 bits per heavy atom. The van der Waals surface area contributed by atoms with E-state index < -0.39 is 0 Å². The lowest BCUT2D eigenvalue weighted by Crippen LogP contribution is -2.20. The number of hydrogen-bond donors (Lipinski definition) is 1. The fraction of sp³-hybridized carbons (Fsp3) is 0.217. The van der Waals surface area contributed by atoms with Gasteiger partial charge < -0.3 is 33.5 Å². The van der Waals surface area contributed by atoms with Crippen molar-refractivity contribution in [3.63, 3.8) is 0 Å². The lowest BCUT2D eigenvalue weighted by atomic mass is 10.1. The second-order valence-electron chi connectivity index (χ2n) is 6.76. The zero-order valence-corrected chi connectivity index (χ0v) is 17.8. The summed E-state index contributed by atoms with van der Waals surface area (Å²) in [6.45, 7) is 0.419. The van der Waals surface area contributed by atoms with Crippen LogP contribution in [0.2, 0.25) is 0 Å². The number of fused-ring (bicyclic) bond motifs is 1. The highest BCUT2D eigenvalue weighted by molar-refractivity contribution is 5.91.